The van der Waals surface area contributed by atoms with E-state index in [4.69, 9.17) is 40.2 Å². The molecule has 0 saturated carbocycles. The van der Waals surface area contributed by atoms with Crippen molar-refractivity contribution in [3.63, 3.8) is 0 Å². The van der Waals surface area contributed by atoms with Gasteiger partial charge < -0.3 is 14.5 Å². The molecule has 3 aliphatic rings. The smallest absolute Gasteiger partial charge is 0.410 e. The van der Waals surface area contributed by atoms with Crippen molar-refractivity contribution in [2.45, 2.75) is 38.8 Å². The van der Waals surface area contributed by atoms with Crippen molar-refractivity contribution in [1.82, 2.24) is 14.7 Å². The minimum absolute atomic E-state index is 0.00165. The van der Waals surface area contributed by atoms with Crippen LogP contribution >= 0.6 is 47.2 Å². The Morgan fingerprint density at radius 1 is 1.15 bits per heavy atom. The van der Waals surface area contributed by atoms with Crippen LogP contribution in [0.4, 0.5) is 4.79 Å². The highest BCUT2D eigenvalue weighted by molar-refractivity contribution is 8.23. The first-order valence-electron chi connectivity index (χ1n) is 13.2. The fourth-order valence-corrected chi connectivity index (χ4v) is 7.07. The number of aryl methyl sites for hydroxylation is 1. The third-order valence-corrected chi connectivity index (χ3v) is 9.36. The zero-order chi connectivity index (χ0) is 28.4. The van der Waals surface area contributed by atoms with Gasteiger partial charge >= 0.3 is 6.09 Å². The Kier molecular flexibility index (Phi) is 9.05. The van der Waals surface area contributed by atoms with Crippen molar-refractivity contribution in [1.29, 1.82) is 0 Å². The van der Waals surface area contributed by atoms with Crippen LogP contribution in [0.3, 0.4) is 0 Å². The third kappa shape index (κ3) is 6.33. The molecule has 2 aromatic carbocycles. The van der Waals surface area contributed by atoms with Crippen LogP contribution in [0.25, 0.3) is 5.57 Å². The second-order valence-electron chi connectivity index (χ2n) is 9.94. The van der Waals surface area contributed by atoms with E-state index in [0.717, 1.165) is 29.5 Å². The summed E-state index contributed by atoms with van der Waals surface area (Å²) in [7, 11) is 0. The van der Waals surface area contributed by atoms with Gasteiger partial charge in [-0.15, -0.1) is 0 Å². The molecule has 11 heteroatoms. The molecular weight excluding hydrogens is 589 g/mol. The summed E-state index contributed by atoms with van der Waals surface area (Å²) < 4.78 is 6.12. The van der Waals surface area contributed by atoms with Crippen LogP contribution in [0.15, 0.2) is 42.5 Å². The second-order valence-corrected chi connectivity index (χ2v) is 12.4. The Balaban J connectivity index is 1.24. The molecule has 2 aliphatic heterocycles. The molecule has 0 bridgehead atoms. The van der Waals surface area contributed by atoms with Crippen LogP contribution < -0.4 is 0 Å². The topological polar surface area (TPSA) is 70.2 Å². The standard InChI is InChI=1S/C29H29Cl2N3O4S2/c1-2-33(28(37)38-16-18-11-22(30)14-23(31)12-18)25-6-5-20-3-4-21(13-24(20)25)19-7-9-32(10-8-19)26(35)15-34-27(36)17-40-29(34)39/h3-4,7,11-14,25H,2,5-6,8-10,15-17H2,1H3. The fraction of sp³-hybridized carbons (Fsp3) is 0.379. The first kappa shape index (κ1) is 28.9. The van der Waals surface area contributed by atoms with E-state index >= 15 is 0 Å². The summed E-state index contributed by atoms with van der Waals surface area (Å²) in [4.78, 5) is 42.9. The molecule has 210 valence electrons. The number of thiocarbonyl (C=S) groups is 1. The first-order chi connectivity index (χ1) is 19.2. The molecule has 1 aliphatic carbocycles. The predicted molar refractivity (Wildman–Crippen MR) is 162 cm³/mol. The second kappa shape index (κ2) is 12.5. The molecule has 1 unspecified atom stereocenters. The van der Waals surface area contributed by atoms with Gasteiger partial charge in [0.25, 0.3) is 0 Å². The molecule has 3 amide bonds. The molecule has 1 atom stereocenters. The van der Waals surface area contributed by atoms with Crippen molar-refractivity contribution in [3.8, 4) is 0 Å². The third-order valence-electron chi connectivity index (χ3n) is 7.49. The molecule has 0 aromatic heterocycles. The van der Waals surface area contributed by atoms with Crippen LogP contribution in [0.5, 0.6) is 0 Å². The molecular formula is C29H29Cl2N3O4S2. The minimum atomic E-state index is -0.373. The quantitative estimate of drug-likeness (QED) is 0.349. The average Bonchev–Trinajstić information content (AvgIpc) is 3.50. The largest absolute Gasteiger partial charge is 0.445 e. The van der Waals surface area contributed by atoms with Gasteiger partial charge in [-0.2, -0.15) is 0 Å². The maximum atomic E-state index is 13.1. The Bertz CT molecular complexity index is 1360. The molecule has 2 aromatic rings. The summed E-state index contributed by atoms with van der Waals surface area (Å²) in [6.07, 6.45) is 4.15. The monoisotopic (exact) mass is 617 g/mol. The van der Waals surface area contributed by atoms with Crippen molar-refractivity contribution in [2.24, 2.45) is 0 Å². The van der Waals surface area contributed by atoms with Gasteiger partial charge in [-0.3, -0.25) is 14.5 Å². The van der Waals surface area contributed by atoms with E-state index in [9.17, 15) is 14.4 Å². The molecule has 7 nitrogen and oxygen atoms in total. The van der Waals surface area contributed by atoms with E-state index in [1.165, 1.54) is 27.8 Å². The maximum absolute atomic E-state index is 13.1. The van der Waals surface area contributed by atoms with E-state index in [1.54, 1.807) is 28.0 Å². The molecule has 0 N–H and O–H groups in total. The molecule has 0 spiro atoms. The lowest BCUT2D eigenvalue weighted by Gasteiger charge is -2.29. The lowest BCUT2D eigenvalue weighted by Crippen LogP contribution is -2.43. The SMILES string of the molecule is CCN(C(=O)OCc1cc(Cl)cc(Cl)c1)C1CCc2ccc(C3=CCN(C(=O)CN4C(=O)CSC4=S)CC3)cc21. The summed E-state index contributed by atoms with van der Waals surface area (Å²) in [5, 5.41) is 0.995. The van der Waals surface area contributed by atoms with Gasteiger partial charge in [0.15, 0.2) is 0 Å². The Morgan fingerprint density at radius 3 is 2.58 bits per heavy atom. The van der Waals surface area contributed by atoms with Crippen LogP contribution in [-0.4, -0.2) is 68.9 Å². The van der Waals surface area contributed by atoms with E-state index < -0.39 is 0 Å². The van der Waals surface area contributed by atoms with Gasteiger partial charge in [0.1, 0.15) is 17.5 Å². The van der Waals surface area contributed by atoms with Gasteiger partial charge in [0, 0.05) is 29.7 Å². The van der Waals surface area contributed by atoms with Gasteiger partial charge in [0.2, 0.25) is 11.8 Å². The summed E-state index contributed by atoms with van der Waals surface area (Å²) in [5.74, 6) is 0.0993. The van der Waals surface area contributed by atoms with Crippen LogP contribution in [0.2, 0.25) is 10.0 Å². The summed E-state index contributed by atoms with van der Waals surface area (Å²) in [6.45, 7) is 3.63. The van der Waals surface area contributed by atoms with E-state index in [-0.39, 0.29) is 37.1 Å². The molecule has 5 rings (SSSR count). The number of nitrogens with zero attached hydrogens (tertiary/aromatic N) is 3. The first-order valence-corrected chi connectivity index (χ1v) is 15.3. The molecule has 1 fully saturated rings. The summed E-state index contributed by atoms with van der Waals surface area (Å²) in [6, 6.07) is 11.5. The van der Waals surface area contributed by atoms with E-state index in [0.29, 0.717) is 46.2 Å². The van der Waals surface area contributed by atoms with Crippen molar-refractivity contribution < 1.29 is 19.1 Å². The van der Waals surface area contributed by atoms with Crippen molar-refractivity contribution in [2.75, 3.05) is 31.9 Å². The van der Waals surface area contributed by atoms with Gasteiger partial charge in [0.05, 0.1) is 11.8 Å². The Hall–Kier alpha value is -2.59. The predicted octanol–water partition coefficient (Wildman–Crippen LogP) is 6.12. The van der Waals surface area contributed by atoms with E-state index in [1.807, 2.05) is 6.92 Å². The van der Waals surface area contributed by atoms with Crippen LogP contribution in [0, 0.1) is 0 Å². The average molecular weight is 619 g/mol. The molecule has 1 saturated heterocycles. The van der Waals surface area contributed by atoms with Crippen LogP contribution in [0.1, 0.15) is 48.1 Å². The zero-order valence-electron chi connectivity index (χ0n) is 22.0. The number of ether oxygens (including phenoxy) is 1. The minimum Gasteiger partial charge on any atom is -0.445 e. The van der Waals surface area contributed by atoms with Gasteiger partial charge in [-0.1, -0.05) is 65.4 Å². The maximum Gasteiger partial charge on any atom is 0.410 e. The lowest BCUT2D eigenvalue weighted by atomic mass is 9.95. The summed E-state index contributed by atoms with van der Waals surface area (Å²) in [5.41, 5.74) is 5.38. The number of halogens is 2. The number of hydrogen-bond donors (Lipinski definition) is 0. The Morgan fingerprint density at radius 2 is 1.93 bits per heavy atom. The molecule has 0 radical (unpaired) electrons. The van der Waals surface area contributed by atoms with Gasteiger partial charge in [-0.25, -0.2) is 4.79 Å². The summed E-state index contributed by atoms with van der Waals surface area (Å²) >= 11 is 18.7. The van der Waals surface area contributed by atoms with Crippen molar-refractivity contribution in [3.05, 3.63) is 74.8 Å². The highest BCUT2D eigenvalue weighted by Gasteiger charge is 2.33. The highest BCUT2D eigenvalue weighted by Crippen LogP contribution is 2.38. The van der Waals surface area contributed by atoms with E-state index in [2.05, 4.69) is 24.3 Å². The number of rotatable bonds is 7. The van der Waals surface area contributed by atoms with Crippen molar-refractivity contribution >= 4 is 75.0 Å². The number of fused-ring (bicyclic) bond motifs is 1. The number of benzene rings is 2. The van der Waals surface area contributed by atoms with Crippen LogP contribution in [-0.2, 0) is 27.4 Å². The number of carbonyl (C=O) groups is 3. The highest BCUT2D eigenvalue weighted by atomic mass is 35.5. The number of amides is 3. The molecule has 40 heavy (non-hydrogen) atoms. The normalized spacial score (nSPS) is 18.6. The number of thioether (sulfide) groups is 1. The number of carbonyl (C=O) groups excluding carboxylic acids is 3. The Labute approximate surface area is 253 Å². The lowest BCUT2D eigenvalue weighted by molar-refractivity contribution is -0.135. The number of hydrogen-bond acceptors (Lipinski definition) is 6. The molecule has 2 heterocycles. The van der Waals surface area contributed by atoms with Gasteiger partial charge in [-0.05, 0) is 78.3 Å². The fourth-order valence-electron chi connectivity index (χ4n) is 5.43. The zero-order valence-corrected chi connectivity index (χ0v) is 25.2.